The maximum absolute atomic E-state index is 12.2. The van der Waals surface area contributed by atoms with E-state index in [1.165, 1.54) is 19.1 Å². The van der Waals surface area contributed by atoms with Crippen molar-refractivity contribution in [3.05, 3.63) is 57.6 Å². The van der Waals surface area contributed by atoms with Gasteiger partial charge in [-0.15, -0.1) is 0 Å². The molecule has 24 heavy (non-hydrogen) atoms. The smallest absolute Gasteiger partial charge is 0.342 e. The van der Waals surface area contributed by atoms with Crippen LogP contribution in [0.4, 0.5) is 5.69 Å². The van der Waals surface area contributed by atoms with E-state index in [1.807, 2.05) is 0 Å². The van der Waals surface area contributed by atoms with Gasteiger partial charge in [0.15, 0.2) is 6.10 Å². The molecule has 5 nitrogen and oxygen atoms in total. The normalized spacial score (nSPS) is 11.7. The van der Waals surface area contributed by atoms with E-state index in [0.29, 0.717) is 0 Å². The molecule has 2 aromatic carbocycles. The van der Waals surface area contributed by atoms with Gasteiger partial charge in [0.05, 0.1) is 15.7 Å². The average molecular weight is 368 g/mol. The van der Waals surface area contributed by atoms with E-state index in [2.05, 4.69) is 5.32 Å². The molecule has 0 aliphatic heterocycles. The predicted octanol–water partition coefficient (Wildman–Crippen LogP) is 4.19. The van der Waals surface area contributed by atoms with Gasteiger partial charge in [0.2, 0.25) is 0 Å². The molecule has 0 spiro atoms. The van der Waals surface area contributed by atoms with Crippen molar-refractivity contribution in [2.45, 2.75) is 20.0 Å². The molecule has 0 aliphatic carbocycles. The molecule has 7 heteroatoms. The molecule has 126 valence electrons. The number of anilines is 1. The van der Waals surface area contributed by atoms with Crippen molar-refractivity contribution in [3.8, 4) is 5.75 Å². The summed E-state index contributed by atoms with van der Waals surface area (Å²) in [5.74, 6) is -1.60. The molecule has 0 unspecified atom stereocenters. The summed E-state index contributed by atoms with van der Waals surface area (Å²) in [6.45, 7) is 3.18. The third-order valence-electron chi connectivity index (χ3n) is 3.24. The van der Waals surface area contributed by atoms with E-state index >= 15 is 0 Å². The zero-order valence-corrected chi connectivity index (χ0v) is 14.5. The van der Waals surface area contributed by atoms with E-state index < -0.39 is 18.0 Å². The van der Waals surface area contributed by atoms with Gasteiger partial charge < -0.3 is 15.2 Å². The summed E-state index contributed by atoms with van der Waals surface area (Å²) in [6, 6.07) is 9.32. The Morgan fingerprint density at radius 2 is 1.79 bits per heavy atom. The maximum atomic E-state index is 12.2. The fourth-order valence-corrected chi connectivity index (χ4v) is 2.43. The number of phenols is 1. The number of benzene rings is 2. The number of esters is 1. The fourth-order valence-electron chi connectivity index (χ4n) is 1.93. The van der Waals surface area contributed by atoms with Gasteiger partial charge in [0.1, 0.15) is 11.3 Å². The number of rotatable bonds is 4. The molecule has 0 saturated heterocycles. The van der Waals surface area contributed by atoms with Crippen molar-refractivity contribution in [2.75, 3.05) is 5.32 Å². The molecule has 0 radical (unpaired) electrons. The molecule has 2 N–H and O–H groups in total. The van der Waals surface area contributed by atoms with Gasteiger partial charge in [-0.25, -0.2) is 4.79 Å². The molecule has 0 aromatic heterocycles. The highest BCUT2D eigenvalue weighted by Gasteiger charge is 2.22. The number of hydrogen-bond acceptors (Lipinski definition) is 4. The lowest BCUT2D eigenvalue weighted by Gasteiger charge is -2.15. The van der Waals surface area contributed by atoms with Crippen LogP contribution in [0.1, 0.15) is 22.8 Å². The topological polar surface area (TPSA) is 75.6 Å². The van der Waals surface area contributed by atoms with E-state index in [0.717, 1.165) is 5.56 Å². The molecule has 0 bridgehead atoms. The number of para-hydroxylation sites is 1. The second-order valence-electron chi connectivity index (χ2n) is 5.15. The molecule has 2 aromatic rings. The number of amides is 1. The largest absolute Gasteiger partial charge is 0.507 e. The number of carbonyl (C=O) groups excluding carboxylic acids is 2. The lowest BCUT2D eigenvalue weighted by atomic mass is 10.1. The summed E-state index contributed by atoms with van der Waals surface area (Å²) >= 11 is 12.0. The third-order valence-corrected chi connectivity index (χ3v) is 3.87. The van der Waals surface area contributed by atoms with Gasteiger partial charge in [-0.05, 0) is 43.7 Å². The second-order valence-corrected chi connectivity index (χ2v) is 5.97. The number of nitrogens with one attached hydrogen (secondary N) is 1. The molecule has 0 heterocycles. The summed E-state index contributed by atoms with van der Waals surface area (Å²) in [7, 11) is 0. The maximum Gasteiger partial charge on any atom is 0.342 e. The quantitative estimate of drug-likeness (QED) is 0.794. The number of carbonyl (C=O) groups is 2. The Hall–Kier alpha value is -2.24. The molecule has 0 saturated carbocycles. The van der Waals surface area contributed by atoms with Crippen LogP contribution in [-0.4, -0.2) is 23.1 Å². The standard InChI is InChI=1S/C17H15Cl2NO4/c1-9-6-7-11(14(21)8-9)17(23)24-10(2)16(22)20-15-12(18)4-3-5-13(15)19/h3-8,10,21H,1-2H3,(H,20,22)/t10-/m0/s1. The van der Waals surface area contributed by atoms with E-state index in [1.54, 1.807) is 31.2 Å². The molecule has 1 atom stereocenters. The van der Waals surface area contributed by atoms with Gasteiger partial charge in [0.25, 0.3) is 5.91 Å². The first-order valence-corrected chi connectivity index (χ1v) is 7.80. The van der Waals surface area contributed by atoms with Crippen LogP contribution < -0.4 is 5.32 Å². The molecular weight excluding hydrogens is 353 g/mol. The lowest BCUT2D eigenvalue weighted by Crippen LogP contribution is -2.30. The Labute approximate surface area is 149 Å². The SMILES string of the molecule is Cc1ccc(C(=O)O[C@@H](C)C(=O)Nc2c(Cl)cccc2Cl)c(O)c1. The van der Waals surface area contributed by atoms with Gasteiger partial charge in [-0.1, -0.05) is 35.3 Å². The highest BCUT2D eigenvalue weighted by molar-refractivity contribution is 6.39. The Kier molecular flexibility index (Phi) is 5.70. The Morgan fingerprint density at radius 3 is 2.38 bits per heavy atom. The molecular formula is C17H15Cl2NO4. The monoisotopic (exact) mass is 367 g/mol. The van der Waals surface area contributed by atoms with Gasteiger partial charge in [-0.2, -0.15) is 0 Å². The molecule has 0 aliphatic rings. The lowest BCUT2D eigenvalue weighted by molar-refractivity contribution is -0.123. The van der Waals surface area contributed by atoms with Crippen LogP contribution >= 0.6 is 23.2 Å². The van der Waals surface area contributed by atoms with Crippen LogP contribution in [0.3, 0.4) is 0 Å². The Bertz CT molecular complexity index is 772. The Balaban J connectivity index is 2.07. The van der Waals surface area contributed by atoms with Crippen molar-refractivity contribution in [2.24, 2.45) is 0 Å². The predicted molar refractivity (Wildman–Crippen MR) is 92.8 cm³/mol. The fraction of sp³-hybridized carbons (Fsp3) is 0.176. The van der Waals surface area contributed by atoms with Crippen LogP contribution in [-0.2, 0) is 9.53 Å². The van der Waals surface area contributed by atoms with Crippen molar-refractivity contribution in [1.29, 1.82) is 0 Å². The van der Waals surface area contributed by atoms with Gasteiger partial charge >= 0.3 is 5.97 Å². The summed E-state index contributed by atoms with van der Waals surface area (Å²) in [5.41, 5.74) is 1.02. The number of phenolic OH excluding ortho intramolecular Hbond substituents is 1. The summed E-state index contributed by atoms with van der Waals surface area (Å²) in [6.07, 6.45) is -1.11. The van der Waals surface area contributed by atoms with Crippen molar-refractivity contribution >= 4 is 40.8 Å². The minimum Gasteiger partial charge on any atom is -0.507 e. The van der Waals surface area contributed by atoms with Crippen LogP contribution in [0.25, 0.3) is 0 Å². The molecule has 2 rings (SSSR count). The zero-order chi connectivity index (χ0) is 17.9. The number of halogens is 2. The average Bonchev–Trinajstić information content (AvgIpc) is 2.50. The van der Waals surface area contributed by atoms with Crippen LogP contribution in [0.2, 0.25) is 10.0 Å². The van der Waals surface area contributed by atoms with Gasteiger partial charge in [0, 0.05) is 0 Å². The number of hydrogen-bond donors (Lipinski definition) is 2. The summed E-state index contributed by atoms with van der Waals surface area (Å²) < 4.78 is 5.07. The highest BCUT2D eigenvalue weighted by atomic mass is 35.5. The first-order valence-electron chi connectivity index (χ1n) is 7.05. The highest BCUT2D eigenvalue weighted by Crippen LogP contribution is 2.30. The third kappa shape index (κ3) is 4.19. The first kappa shape index (κ1) is 18.1. The van der Waals surface area contributed by atoms with E-state index in [-0.39, 0.29) is 27.0 Å². The Morgan fingerprint density at radius 1 is 1.17 bits per heavy atom. The molecule has 0 fully saturated rings. The number of aryl methyl sites for hydroxylation is 1. The number of aromatic hydroxyl groups is 1. The van der Waals surface area contributed by atoms with Crippen molar-refractivity contribution in [3.63, 3.8) is 0 Å². The van der Waals surface area contributed by atoms with E-state index in [9.17, 15) is 14.7 Å². The van der Waals surface area contributed by atoms with Crippen molar-refractivity contribution < 1.29 is 19.4 Å². The summed E-state index contributed by atoms with van der Waals surface area (Å²) in [4.78, 5) is 24.2. The van der Waals surface area contributed by atoms with E-state index in [4.69, 9.17) is 27.9 Å². The zero-order valence-electron chi connectivity index (χ0n) is 13.0. The van der Waals surface area contributed by atoms with Crippen LogP contribution in [0, 0.1) is 6.92 Å². The number of ether oxygens (including phenoxy) is 1. The van der Waals surface area contributed by atoms with Gasteiger partial charge in [-0.3, -0.25) is 4.79 Å². The minimum atomic E-state index is -1.11. The molecule has 1 amide bonds. The second kappa shape index (κ2) is 7.55. The van der Waals surface area contributed by atoms with Crippen molar-refractivity contribution in [1.82, 2.24) is 0 Å². The first-order chi connectivity index (χ1) is 11.3. The van der Waals surface area contributed by atoms with Crippen LogP contribution in [0.15, 0.2) is 36.4 Å². The minimum absolute atomic E-state index is 0.0176. The summed E-state index contributed by atoms with van der Waals surface area (Å²) in [5, 5.41) is 12.8. The van der Waals surface area contributed by atoms with Crippen LogP contribution in [0.5, 0.6) is 5.75 Å².